The second-order valence-electron chi connectivity index (χ2n) is 7.08. The molecular weight excluding hydrogens is 537 g/mol. The van der Waals surface area contributed by atoms with Crippen LogP contribution in [0.1, 0.15) is 36.6 Å². The number of rotatable bonds is 7. The molecule has 7 nitrogen and oxygen atoms in total. The van der Waals surface area contributed by atoms with E-state index in [9.17, 15) is 22.8 Å². The molecule has 0 aromatic heterocycles. The lowest BCUT2D eigenvalue weighted by atomic mass is 9.99. The molecule has 184 valence electrons. The number of ketones is 1. The molecule has 0 saturated heterocycles. The van der Waals surface area contributed by atoms with Crippen LogP contribution in [0.4, 0.5) is 0 Å². The van der Waals surface area contributed by atoms with Crippen LogP contribution in [0, 0.1) is 0 Å². The average molecular weight is 557 g/mol. The summed E-state index contributed by atoms with van der Waals surface area (Å²) in [6.07, 6.45) is 0. The van der Waals surface area contributed by atoms with E-state index >= 15 is 0 Å². The molecule has 0 aliphatic rings. The third kappa shape index (κ3) is 7.13. The fourth-order valence-corrected chi connectivity index (χ4v) is 4.19. The monoisotopic (exact) mass is 555 g/mol. The molecule has 0 unspecified atom stereocenters. The molecule has 0 aliphatic carbocycles. The van der Waals surface area contributed by atoms with Gasteiger partial charge >= 0.3 is 0 Å². The fourth-order valence-electron chi connectivity index (χ4n) is 2.82. The van der Waals surface area contributed by atoms with Gasteiger partial charge < -0.3 is 4.74 Å². The zero-order chi connectivity index (χ0) is 26.3. The van der Waals surface area contributed by atoms with Gasteiger partial charge in [-0.2, -0.15) is 0 Å². The summed E-state index contributed by atoms with van der Waals surface area (Å²) in [7, 11) is 0.592. The van der Waals surface area contributed by atoms with E-state index in [2.05, 4.69) is 0 Å². The second-order valence-corrected chi connectivity index (χ2v) is 10.4. The molecule has 11 heteroatoms. The Hall–Kier alpha value is -2.75. The van der Waals surface area contributed by atoms with Gasteiger partial charge in [-0.25, -0.2) is 12.7 Å². The first-order valence-electron chi connectivity index (χ1n) is 9.79. The van der Waals surface area contributed by atoms with Gasteiger partial charge in [0.25, 0.3) is 10.5 Å². The zero-order valence-corrected chi connectivity index (χ0v) is 21.9. The summed E-state index contributed by atoms with van der Waals surface area (Å²) >= 11 is 16.6. The van der Waals surface area contributed by atoms with Crippen molar-refractivity contribution in [2.24, 2.45) is 0 Å². The summed E-state index contributed by atoms with van der Waals surface area (Å²) in [6.45, 7) is 0. The number of carbonyl (C=O) groups excluding carboxylic acids is 3. The van der Waals surface area contributed by atoms with Gasteiger partial charge in [0, 0.05) is 35.8 Å². The predicted molar refractivity (Wildman–Crippen MR) is 136 cm³/mol. The molecule has 3 rings (SSSR count). The van der Waals surface area contributed by atoms with Crippen LogP contribution in [-0.4, -0.2) is 50.2 Å². The minimum atomic E-state index is -3.59. The Labute approximate surface area is 218 Å². The van der Waals surface area contributed by atoms with Gasteiger partial charge in [-0.15, -0.1) is 0 Å². The number of sulfonamides is 1. The summed E-state index contributed by atoms with van der Waals surface area (Å²) < 4.78 is 29.6. The van der Waals surface area contributed by atoms with E-state index in [1.165, 1.54) is 45.5 Å². The maximum absolute atomic E-state index is 12.2. The minimum Gasteiger partial charge on any atom is -0.496 e. The van der Waals surface area contributed by atoms with Crippen molar-refractivity contribution in [1.82, 2.24) is 4.31 Å². The summed E-state index contributed by atoms with van der Waals surface area (Å²) in [5.41, 5.74) is 0.987. The van der Waals surface area contributed by atoms with E-state index in [1.807, 2.05) is 0 Å². The van der Waals surface area contributed by atoms with Crippen LogP contribution in [0.5, 0.6) is 5.75 Å². The van der Waals surface area contributed by atoms with E-state index in [-0.39, 0.29) is 27.6 Å². The van der Waals surface area contributed by atoms with E-state index in [4.69, 9.17) is 39.5 Å². The lowest BCUT2D eigenvalue weighted by Crippen LogP contribution is -2.22. The Balaban J connectivity index is 0.000000247. The quantitative estimate of drug-likeness (QED) is 0.290. The highest BCUT2D eigenvalue weighted by atomic mass is 35.5. The number of ether oxygens (including phenoxy) is 1. The Kier molecular flexibility index (Phi) is 10.00. The summed E-state index contributed by atoms with van der Waals surface area (Å²) in [5, 5.41) is -0.862. The molecule has 0 N–H and O–H groups in total. The molecule has 0 heterocycles. The van der Waals surface area contributed by atoms with Crippen molar-refractivity contribution in [3.63, 3.8) is 0 Å². The Bertz CT molecular complexity index is 1360. The number of nitrogens with zero attached hydrogens (tertiary/aromatic N) is 1. The predicted octanol–water partition coefficient (Wildman–Crippen LogP) is 5.27. The van der Waals surface area contributed by atoms with Crippen LogP contribution in [-0.2, 0) is 10.0 Å². The molecule has 0 fully saturated rings. The average Bonchev–Trinajstić information content (AvgIpc) is 2.83. The third-order valence-corrected chi connectivity index (χ3v) is 7.12. The summed E-state index contributed by atoms with van der Waals surface area (Å²) in [5.74, 6) is -0.0148. The fraction of sp³-hybridized carbons (Fsp3) is 0.125. The first-order valence-corrected chi connectivity index (χ1v) is 12.4. The van der Waals surface area contributed by atoms with E-state index in [0.717, 1.165) is 4.31 Å². The van der Waals surface area contributed by atoms with Crippen molar-refractivity contribution in [1.29, 1.82) is 0 Å². The van der Waals surface area contributed by atoms with Crippen molar-refractivity contribution in [3.8, 4) is 5.75 Å². The van der Waals surface area contributed by atoms with Gasteiger partial charge in [0.2, 0.25) is 10.0 Å². The number of methoxy groups -OCH3 is 1. The van der Waals surface area contributed by atoms with Crippen LogP contribution < -0.4 is 4.74 Å². The maximum Gasteiger partial charge on any atom is 0.256 e. The molecule has 0 spiro atoms. The molecule has 0 aliphatic heterocycles. The van der Waals surface area contributed by atoms with Gasteiger partial charge in [0.05, 0.1) is 17.6 Å². The second kappa shape index (κ2) is 12.3. The maximum atomic E-state index is 12.2. The Morgan fingerprint density at radius 2 is 1.34 bits per heavy atom. The highest BCUT2D eigenvalue weighted by Crippen LogP contribution is 2.25. The van der Waals surface area contributed by atoms with Crippen LogP contribution in [0.3, 0.4) is 0 Å². The van der Waals surface area contributed by atoms with Gasteiger partial charge in [0.15, 0.2) is 5.78 Å². The molecule has 0 radical (unpaired) electrons. The standard InChI is InChI=1S/C14H8Cl2O2.C10H12ClNO4S/c15-10-7-5-9(6-8-10)13(17)11-3-1-2-4-12(11)14(16)18;1-12(2)17(14,15)7-4-5-9(16-3)8(6-7)10(11)13/h1-8H;4-6H,1-3H3. The molecular formula is C24H20Cl3NO6S. The number of hydrogen-bond donors (Lipinski definition) is 0. The first kappa shape index (κ1) is 28.5. The van der Waals surface area contributed by atoms with E-state index in [1.54, 1.807) is 42.5 Å². The van der Waals surface area contributed by atoms with Gasteiger partial charge in [0.1, 0.15) is 5.75 Å². The molecule has 0 atom stereocenters. The summed E-state index contributed by atoms with van der Waals surface area (Å²) in [6, 6.07) is 16.9. The molecule has 0 amide bonds. The first-order chi connectivity index (χ1) is 16.4. The summed E-state index contributed by atoms with van der Waals surface area (Å²) in [4.78, 5) is 34.6. The van der Waals surface area contributed by atoms with Gasteiger partial charge in [-0.1, -0.05) is 29.8 Å². The molecule has 3 aromatic rings. The van der Waals surface area contributed by atoms with Crippen molar-refractivity contribution >= 4 is 61.1 Å². The lowest BCUT2D eigenvalue weighted by molar-refractivity contribution is 0.102. The Morgan fingerprint density at radius 3 is 1.83 bits per heavy atom. The zero-order valence-electron chi connectivity index (χ0n) is 18.8. The van der Waals surface area contributed by atoms with E-state index < -0.39 is 20.5 Å². The minimum absolute atomic E-state index is 0.00713. The van der Waals surface area contributed by atoms with Crippen molar-refractivity contribution in [3.05, 3.63) is 94.0 Å². The highest BCUT2D eigenvalue weighted by Gasteiger charge is 2.21. The van der Waals surface area contributed by atoms with Crippen molar-refractivity contribution in [2.45, 2.75) is 4.90 Å². The largest absolute Gasteiger partial charge is 0.496 e. The smallest absolute Gasteiger partial charge is 0.256 e. The Morgan fingerprint density at radius 1 is 0.800 bits per heavy atom. The topological polar surface area (TPSA) is 97.8 Å². The highest BCUT2D eigenvalue weighted by molar-refractivity contribution is 7.89. The third-order valence-electron chi connectivity index (χ3n) is 4.65. The van der Waals surface area contributed by atoms with Crippen LogP contribution in [0.25, 0.3) is 0 Å². The van der Waals surface area contributed by atoms with E-state index in [0.29, 0.717) is 16.1 Å². The van der Waals surface area contributed by atoms with Crippen molar-refractivity contribution < 1.29 is 27.5 Å². The molecule has 0 saturated carbocycles. The number of halogens is 3. The van der Waals surface area contributed by atoms with Crippen LogP contribution in [0.15, 0.2) is 71.6 Å². The normalized spacial score (nSPS) is 10.8. The molecule has 3 aromatic carbocycles. The number of benzene rings is 3. The molecule has 0 bridgehead atoms. The number of carbonyl (C=O) groups is 3. The van der Waals surface area contributed by atoms with Crippen molar-refractivity contribution in [2.75, 3.05) is 21.2 Å². The van der Waals surface area contributed by atoms with Crippen LogP contribution >= 0.6 is 34.8 Å². The lowest BCUT2D eigenvalue weighted by Gasteiger charge is -2.13. The number of hydrogen-bond acceptors (Lipinski definition) is 6. The SMILES string of the molecule is COc1ccc(S(=O)(=O)N(C)C)cc1C(=O)Cl.O=C(Cl)c1ccccc1C(=O)c1ccc(Cl)cc1. The van der Waals surface area contributed by atoms with Gasteiger partial charge in [-0.3, -0.25) is 14.4 Å². The molecule has 35 heavy (non-hydrogen) atoms. The van der Waals surface area contributed by atoms with Gasteiger partial charge in [-0.05, 0) is 71.7 Å². The van der Waals surface area contributed by atoms with Crippen LogP contribution in [0.2, 0.25) is 5.02 Å².